The fourth-order valence-electron chi connectivity index (χ4n) is 6.35. The van der Waals surface area contributed by atoms with E-state index >= 15 is 0 Å². The van der Waals surface area contributed by atoms with E-state index < -0.39 is 5.60 Å². The van der Waals surface area contributed by atoms with Crippen molar-refractivity contribution in [2.75, 3.05) is 13.1 Å². The van der Waals surface area contributed by atoms with Crippen molar-refractivity contribution < 1.29 is 14.3 Å². The number of fused-ring (bicyclic) bond motifs is 1. The van der Waals surface area contributed by atoms with Gasteiger partial charge in [-0.1, -0.05) is 43.2 Å². The number of likely N-dealkylation sites (tertiary alicyclic amines) is 1. The van der Waals surface area contributed by atoms with Gasteiger partial charge in [-0.3, -0.25) is 14.2 Å². The molecular weight excluding hydrogens is 495 g/mol. The third kappa shape index (κ3) is 5.01. The number of nitrogens with zero attached hydrogens (tertiary/aromatic N) is 4. The number of para-hydroxylation sites is 1. The summed E-state index contributed by atoms with van der Waals surface area (Å²) in [5, 5.41) is 11.9. The van der Waals surface area contributed by atoms with Crippen molar-refractivity contribution >= 4 is 16.9 Å². The number of carbonyl (C=O) groups is 1. The molecule has 1 amide bonds. The fourth-order valence-corrected chi connectivity index (χ4v) is 6.35. The lowest BCUT2D eigenvalue weighted by atomic mass is 9.74. The van der Waals surface area contributed by atoms with Crippen LogP contribution in [0.2, 0.25) is 0 Å². The number of amides is 1. The Morgan fingerprint density at radius 3 is 2.46 bits per heavy atom. The van der Waals surface area contributed by atoms with Crippen LogP contribution in [0, 0.1) is 11.7 Å². The Hall–Kier alpha value is -3.78. The van der Waals surface area contributed by atoms with E-state index in [1.807, 2.05) is 46.0 Å². The van der Waals surface area contributed by atoms with Crippen molar-refractivity contribution in [1.29, 1.82) is 0 Å². The molecule has 2 aromatic heterocycles. The van der Waals surface area contributed by atoms with Gasteiger partial charge in [0.1, 0.15) is 12.1 Å². The number of aromatic nitrogens is 3. The van der Waals surface area contributed by atoms with Crippen molar-refractivity contribution in [3.8, 4) is 5.69 Å². The first kappa shape index (κ1) is 25.5. The van der Waals surface area contributed by atoms with Crippen LogP contribution in [0.5, 0.6) is 0 Å². The first-order valence-corrected chi connectivity index (χ1v) is 13.8. The summed E-state index contributed by atoms with van der Waals surface area (Å²) in [6.45, 7) is 1.02. The maximum Gasteiger partial charge on any atom is 0.262 e. The standard InChI is InChI=1S/C31H33FN4O3/c32-23-12-10-22(11-13-23)25-8-4-5-9-26(25)29(37)34-18-15-31(39,16-19-34)20-35-21-33-28-27(30(35)38)14-17-36(28)24-6-2-1-3-7-24/h1-3,6-7,10-14,17,21,25-26,39H,4-5,8-9,15-16,18-20H2/t25-,26+/m0/s1. The van der Waals surface area contributed by atoms with Gasteiger partial charge in [0.15, 0.2) is 5.65 Å². The Morgan fingerprint density at radius 1 is 1.00 bits per heavy atom. The predicted molar refractivity (Wildman–Crippen MR) is 147 cm³/mol. The van der Waals surface area contributed by atoms with Crippen LogP contribution in [0.3, 0.4) is 0 Å². The lowest BCUT2D eigenvalue weighted by Gasteiger charge is -2.41. The molecule has 202 valence electrons. The third-order valence-electron chi connectivity index (χ3n) is 8.56. The van der Waals surface area contributed by atoms with Crippen molar-refractivity contribution in [2.24, 2.45) is 5.92 Å². The molecule has 2 aromatic carbocycles. The predicted octanol–water partition coefficient (Wildman–Crippen LogP) is 4.65. The molecule has 39 heavy (non-hydrogen) atoms. The van der Waals surface area contributed by atoms with Gasteiger partial charge in [-0.25, -0.2) is 9.37 Å². The SMILES string of the molecule is O=C([C@@H]1CCCC[C@H]1c1ccc(F)cc1)N1CCC(O)(Cn2cnc3c(ccn3-c3ccccc3)c2=O)CC1. The van der Waals surface area contributed by atoms with Gasteiger partial charge in [-0.15, -0.1) is 0 Å². The molecule has 1 saturated carbocycles. The lowest BCUT2D eigenvalue weighted by Crippen LogP contribution is -2.51. The molecular formula is C31H33FN4O3. The molecule has 4 aromatic rings. The highest BCUT2D eigenvalue weighted by molar-refractivity contribution is 5.80. The van der Waals surface area contributed by atoms with E-state index in [-0.39, 0.29) is 35.7 Å². The van der Waals surface area contributed by atoms with Gasteiger partial charge >= 0.3 is 0 Å². The van der Waals surface area contributed by atoms with E-state index in [1.54, 1.807) is 18.2 Å². The van der Waals surface area contributed by atoms with Gasteiger partial charge in [0, 0.05) is 30.9 Å². The van der Waals surface area contributed by atoms with Gasteiger partial charge in [-0.05, 0) is 67.5 Å². The van der Waals surface area contributed by atoms with Crippen LogP contribution in [-0.4, -0.2) is 48.7 Å². The van der Waals surface area contributed by atoms with Crippen LogP contribution < -0.4 is 5.56 Å². The molecule has 1 aliphatic heterocycles. The lowest BCUT2D eigenvalue weighted by molar-refractivity contribution is -0.142. The molecule has 0 unspecified atom stereocenters. The summed E-state index contributed by atoms with van der Waals surface area (Å²) in [6, 6.07) is 18.0. The number of benzene rings is 2. The van der Waals surface area contributed by atoms with Crippen molar-refractivity contribution in [3.63, 3.8) is 0 Å². The van der Waals surface area contributed by atoms with E-state index in [0.717, 1.165) is 36.9 Å². The Balaban J connectivity index is 1.14. The second kappa shape index (κ2) is 10.4. The van der Waals surface area contributed by atoms with Gasteiger partial charge in [0.2, 0.25) is 5.91 Å². The summed E-state index contributed by atoms with van der Waals surface area (Å²) >= 11 is 0. The Bertz CT molecular complexity index is 1520. The average Bonchev–Trinajstić information content (AvgIpc) is 3.40. The molecule has 3 heterocycles. The van der Waals surface area contributed by atoms with Gasteiger partial charge < -0.3 is 14.6 Å². The molecule has 2 fully saturated rings. The molecule has 2 aliphatic rings. The van der Waals surface area contributed by atoms with Crippen LogP contribution in [0.25, 0.3) is 16.7 Å². The van der Waals surface area contributed by atoms with Crippen LogP contribution in [-0.2, 0) is 11.3 Å². The maximum atomic E-state index is 13.6. The van der Waals surface area contributed by atoms with Gasteiger partial charge in [0.25, 0.3) is 5.56 Å². The first-order valence-electron chi connectivity index (χ1n) is 13.8. The molecule has 2 atom stereocenters. The quantitative estimate of drug-likeness (QED) is 0.409. The van der Waals surface area contributed by atoms with Gasteiger partial charge in [-0.2, -0.15) is 0 Å². The fraction of sp³-hybridized carbons (Fsp3) is 0.387. The molecule has 8 heteroatoms. The number of hydrogen-bond acceptors (Lipinski definition) is 4. The summed E-state index contributed by atoms with van der Waals surface area (Å²) in [7, 11) is 0. The number of hydrogen-bond donors (Lipinski definition) is 1. The Kier molecular flexibility index (Phi) is 6.81. The third-order valence-corrected chi connectivity index (χ3v) is 8.56. The summed E-state index contributed by atoms with van der Waals surface area (Å²) in [5.41, 5.74) is 1.24. The molecule has 7 nitrogen and oxygen atoms in total. The summed E-state index contributed by atoms with van der Waals surface area (Å²) in [6.07, 6.45) is 7.95. The Morgan fingerprint density at radius 2 is 1.72 bits per heavy atom. The Labute approximate surface area is 226 Å². The monoisotopic (exact) mass is 528 g/mol. The van der Waals surface area contributed by atoms with Crippen molar-refractivity contribution in [2.45, 2.75) is 56.6 Å². The van der Waals surface area contributed by atoms with Crippen LogP contribution >= 0.6 is 0 Å². The number of aliphatic hydroxyl groups is 1. The topological polar surface area (TPSA) is 80.4 Å². The largest absolute Gasteiger partial charge is 0.388 e. The molecule has 0 radical (unpaired) electrons. The molecule has 1 saturated heterocycles. The zero-order chi connectivity index (χ0) is 27.0. The van der Waals surface area contributed by atoms with E-state index in [0.29, 0.717) is 37.0 Å². The number of piperidine rings is 1. The second-order valence-corrected chi connectivity index (χ2v) is 11.0. The van der Waals surface area contributed by atoms with Crippen molar-refractivity contribution in [3.05, 3.63) is 94.9 Å². The normalized spacial score (nSPS) is 21.2. The highest BCUT2D eigenvalue weighted by atomic mass is 19.1. The van der Waals surface area contributed by atoms with E-state index in [4.69, 9.17) is 0 Å². The van der Waals surface area contributed by atoms with Gasteiger partial charge in [0.05, 0.1) is 17.5 Å². The number of rotatable bonds is 5. The average molecular weight is 529 g/mol. The second-order valence-electron chi connectivity index (χ2n) is 11.0. The highest BCUT2D eigenvalue weighted by Gasteiger charge is 2.39. The van der Waals surface area contributed by atoms with E-state index in [2.05, 4.69) is 4.98 Å². The first-order chi connectivity index (χ1) is 18.9. The molecule has 0 bridgehead atoms. The number of carbonyl (C=O) groups excluding carboxylic acids is 1. The molecule has 6 rings (SSSR count). The van der Waals surface area contributed by atoms with E-state index in [9.17, 15) is 19.1 Å². The minimum atomic E-state index is -1.10. The van der Waals surface area contributed by atoms with Crippen LogP contribution in [0.4, 0.5) is 4.39 Å². The van der Waals surface area contributed by atoms with Crippen molar-refractivity contribution in [1.82, 2.24) is 19.0 Å². The summed E-state index contributed by atoms with van der Waals surface area (Å²) in [4.78, 5) is 33.3. The molecule has 0 spiro atoms. The van der Waals surface area contributed by atoms with Crippen LogP contribution in [0.15, 0.2) is 78.0 Å². The summed E-state index contributed by atoms with van der Waals surface area (Å²) in [5.74, 6) is -0.186. The minimum absolute atomic E-state index is 0.0900. The minimum Gasteiger partial charge on any atom is -0.388 e. The number of halogens is 1. The molecule has 1 N–H and O–H groups in total. The molecule has 1 aliphatic carbocycles. The zero-order valence-electron chi connectivity index (χ0n) is 21.9. The zero-order valence-corrected chi connectivity index (χ0v) is 21.9. The highest BCUT2D eigenvalue weighted by Crippen LogP contribution is 2.39. The van der Waals surface area contributed by atoms with Crippen LogP contribution in [0.1, 0.15) is 50.0 Å². The maximum absolute atomic E-state index is 13.6. The van der Waals surface area contributed by atoms with E-state index in [1.165, 1.54) is 23.0 Å². The smallest absolute Gasteiger partial charge is 0.262 e. The summed E-state index contributed by atoms with van der Waals surface area (Å²) < 4.78 is 16.8.